The number of hydrogen-bond acceptors (Lipinski definition) is 2. The summed E-state index contributed by atoms with van der Waals surface area (Å²) in [7, 11) is 0. The van der Waals surface area contributed by atoms with Crippen LogP contribution in [0.2, 0.25) is 0 Å². The lowest BCUT2D eigenvalue weighted by atomic mass is 10.3. The highest BCUT2D eigenvalue weighted by atomic mass is 16.7. The van der Waals surface area contributed by atoms with Crippen LogP contribution in [0.3, 0.4) is 0 Å². The molecule has 2 atom stereocenters. The summed E-state index contributed by atoms with van der Waals surface area (Å²) in [6, 6.07) is 0. The smallest absolute Gasteiger partial charge is 0.177 e. The highest BCUT2D eigenvalue weighted by Crippen LogP contribution is 2.12. The number of hydrogen-bond donors (Lipinski definition) is 0. The zero-order chi connectivity index (χ0) is 7.40. The first-order chi connectivity index (χ1) is 4.83. The van der Waals surface area contributed by atoms with Crippen molar-refractivity contribution in [1.82, 2.24) is 0 Å². The molecule has 0 aromatic carbocycles. The molecule has 1 fully saturated rings. The Kier molecular flexibility index (Phi) is 2.90. The fourth-order valence-electron chi connectivity index (χ4n) is 0.944. The SMILES string of the molecule is C/C=C/C1OCCC(C)O1. The lowest BCUT2D eigenvalue weighted by molar-refractivity contribution is -0.181. The van der Waals surface area contributed by atoms with E-state index in [1.54, 1.807) is 0 Å². The molecule has 0 aromatic rings. The van der Waals surface area contributed by atoms with Crippen LogP contribution in [-0.2, 0) is 9.47 Å². The summed E-state index contributed by atoms with van der Waals surface area (Å²) in [4.78, 5) is 0. The van der Waals surface area contributed by atoms with Crippen molar-refractivity contribution in [3.05, 3.63) is 12.2 Å². The molecule has 1 rings (SSSR count). The highest BCUT2D eigenvalue weighted by molar-refractivity contribution is 4.83. The molecule has 1 saturated heterocycles. The molecule has 58 valence electrons. The molecule has 0 radical (unpaired) electrons. The van der Waals surface area contributed by atoms with Gasteiger partial charge < -0.3 is 9.47 Å². The quantitative estimate of drug-likeness (QED) is 0.519. The van der Waals surface area contributed by atoms with Crippen LogP contribution in [0.5, 0.6) is 0 Å². The number of allylic oxidation sites excluding steroid dienone is 1. The molecule has 1 heterocycles. The minimum Gasteiger partial charge on any atom is -0.349 e. The van der Waals surface area contributed by atoms with E-state index < -0.39 is 0 Å². The van der Waals surface area contributed by atoms with Gasteiger partial charge in [0, 0.05) is 0 Å². The van der Waals surface area contributed by atoms with E-state index in [4.69, 9.17) is 9.47 Å². The van der Waals surface area contributed by atoms with E-state index in [2.05, 4.69) is 6.92 Å². The maximum atomic E-state index is 5.42. The molecule has 2 nitrogen and oxygen atoms in total. The van der Waals surface area contributed by atoms with E-state index in [0.29, 0.717) is 6.10 Å². The summed E-state index contributed by atoms with van der Waals surface area (Å²) in [5, 5.41) is 0. The fraction of sp³-hybridized carbons (Fsp3) is 0.750. The van der Waals surface area contributed by atoms with Gasteiger partial charge in [-0.3, -0.25) is 0 Å². The van der Waals surface area contributed by atoms with E-state index in [1.807, 2.05) is 19.1 Å². The summed E-state index contributed by atoms with van der Waals surface area (Å²) in [6.07, 6.45) is 5.12. The van der Waals surface area contributed by atoms with Crippen LogP contribution < -0.4 is 0 Å². The Morgan fingerprint density at radius 3 is 2.90 bits per heavy atom. The van der Waals surface area contributed by atoms with Crippen LogP contribution in [0, 0.1) is 0 Å². The first-order valence-corrected chi connectivity index (χ1v) is 3.73. The van der Waals surface area contributed by atoms with Gasteiger partial charge >= 0.3 is 0 Å². The predicted molar refractivity (Wildman–Crippen MR) is 39.7 cm³/mol. The first kappa shape index (κ1) is 7.76. The van der Waals surface area contributed by atoms with E-state index in [-0.39, 0.29) is 6.29 Å². The number of ether oxygens (including phenoxy) is 2. The second-order valence-electron chi connectivity index (χ2n) is 2.50. The van der Waals surface area contributed by atoms with Gasteiger partial charge in [-0.2, -0.15) is 0 Å². The van der Waals surface area contributed by atoms with Gasteiger partial charge in [-0.15, -0.1) is 0 Å². The molecular formula is C8H14O2. The van der Waals surface area contributed by atoms with Gasteiger partial charge in [-0.05, 0) is 26.3 Å². The second kappa shape index (κ2) is 3.74. The summed E-state index contributed by atoms with van der Waals surface area (Å²) in [6.45, 7) is 4.85. The summed E-state index contributed by atoms with van der Waals surface area (Å²) < 4.78 is 10.7. The Morgan fingerprint density at radius 1 is 1.50 bits per heavy atom. The van der Waals surface area contributed by atoms with Gasteiger partial charge in [0.15, 0.2) is 6.29 Å². The molecule has 0 spiro atoms. The average molecular weight is 142 g/mol. The summed E-state index contributed by atoms with van der Waals surface area (Å²) in [5.41, 5.74) is 0. The second-order valence-corrected chi connectivity index (χ2v) is 2.50. The molecular weight excluding hydrogens is 128 g/mol. The maximum Gasteiger partial charge on any atom is 0.177 e. The van der Waals surface area contributed by atoms with Gasteiger partial charge in [0.2, 0.25) is 0 Å². The van der Waals surface area contributed by atoms with Crippen molar-refractivity contribution in [2.75, 3.05) is 6.61 Å². The van der Waals surface area contributed by atoms with Crippen molar-refractivity contribution in [1.29, 1.82) is 0 Å². The van der Waals surface area contributed by atoms with Crippen molar-refractivity contribution >= 4 is 0 Å². The minimum absolute atomic E-state index is 0.103. The van der Waals surface area contributed by atoms with E-state index >= 15 is 0 Å². The lowest BCUT2D eigenvalue weighted by Gasteiger charge is -2.25. The van der Waals surface area contributed by atoms with Gasteiger partial charge in [0.25, 0.3) is 0 Å². The monoisotopic (exact) mass is 142 g/mol. The predicted octanol–water partition coefficient (Wildman–Crippen LogP) is 1.71. The average Bonchev–Trinajstić information content (AvgIpc) is 1.88. The van der Waals surface area contributed by atoms with Gasteiger partial charge in [0.1, 0.15) is 0 Å². The third-order valence-electron chi connectivity index (χ3n) is 1.52. The zero-order valence-electron chi connectivity index (χ0n) is 6.54. The Labute approximate surface area is 61.8 Å². The van der Waals surface area contributed by atoms with E-state index in [0.717, 1.165) is 13.0 Å². The fourth-order valence-corrected chi connectivity index (χ4v) is 0.944. The van der Waals surface area contributed by atoms with Gasteiger partial charge in [-0.1, -0.05) is 6.08 Å². The molecule has 1 aliphatic rings. The molecule has 0 aliphatic carbocycles. The topological polar surface area (TPSA) is 18.5 Å². The van der Waals surface area contributed by atoms with Crippen molar-refractivity contribution in [2.24, 2.45) is 0 Å². The molecule has 0 amide bonds. The molecule has 1 aliphatic heterocycles. The summed E-state index contributed by atoms with van der Waals surface area (Å²) in [5.74, 6) is 0. The van der Waals surface area contributed by atoms with Crippen molar-refractivity contribution in [3.63, 3.8) is 0 Å². The Balaban J connectivity index is 2.32. The molecule has 0 N–H and O–H groups in total. The standard InChI is InChI=1S/C8H14O2/c1-3-4-8-9-6-5-7(2)10-8/h3-4,7-8H,5-6H2,1-2H3/b4-3+. The Bertz CT molecular complexity index is 120. The van der Waals surface area contributed by atoms with Crippen LogP contribution in [0.1, 0.15) is 20.3 Å². The van der Waals surface area contributed by atoms with Crippen LogP contribution in [0.15, 0.2) is 12.2 Å². The normalized spacial score (nSPS) is 35.0. The van der Waals surface area contributed by atoms with Crippen LogP contribution in [0.25, 0.3) is 0 Å². The van der Waals surface area contributed by atoms with E-state index in [1.165, 1.54) is 0 Å². The third-order valence-corrected chi connectivity index (χ3v) is 1.52. The third kappa shape index (κ3) is 2.12. The molecule has 2 unspecified atom stereocenters. The minimum atomic E-state index is -0.103. The van der Waals surface area contributed by atoms with E-state index in [9.17, 15) is 0 Å². The van der Waals surface area contributed by atoms with Crippen LogP contribution in [0.4, 0.5) is 0 Å². The van der Waals surface area contributed by atoms with Crippen LogP contribution in [-0.4, -0.2) is 19.0 Å². The zero-order valence-corrected chi connectivity index (χ0v) is 6.54. The first-order valence-electron chi connectivity index (χ1n) is 3.73. The maximum absolute atomic E-state index is 5.42. The van der Waals surface area contributed by atoms with Crippen molar-refractivity contribution in [2.45, 2.75) is 32.7 Å². The molecule has 10 heavy (non-hydrogen) atoms. The highest BCUT2D eigenvalue weighted by Gasteiger charge is 2.15. The number of rotatable bonds is 1. The Morgan fingerprint density at radius 2 is 2.30 bits per heavy atom. The Hall–Kier alpha value is -0.340. The van der Waals surface area contributed by atoms with Crippen molar-refractivity contribution in [3.8, 4) is 0 Å². The van der Waals surface area contributed by atoms with Gasteiger partial charge in [0.05, 0.1) is 12.7 Å². The molecule has 0 aromatic heterocycles. The molecule has 0 bridgehead atoms. The molecule has 2 heteroatoms. The van der Waals surface area contributed by atoms with Crippen molar-refractivity contribution < 1.29 is 9.47 Å². The van der Waals surface area contributed by atoms with Crippen LogP contribution >= 0.6 is 0 Å². The largest absolute Gasteiger partial charge is 0.349 e. The van der Waals surface area contributed by atoms with Gasteiger partial charge in [-0.25, -0.2) is 0 Å². The lowest BCUT2D eigenvalue weighted by Crippen LogP contribution is -2.28. The molecule has 0 saturated carbocycles. The summed E-state index contributed by atoms with van der Waals surface area (Å²) >= 11 is 0.